The van der Waals surface area contributed by atoms with Crippen LogP contribution >= 0.6 is 0 Å². The first-order valence-corrected chi connectivity index (χ1v) is 8.37. The molecule has 4 N–H and O–H groups in total. The maximum atomic E-state index is 11.8. The summed E-state index contributed by atoms with van der Waals surface area (Å²) >= 11 is 0. The molecule has 1 saturated heterocycles. The third-order valence-electron chi connectivity index (χ3n) is 3.89. The Morgan fingerprint density at radius 1 is 1.14 bits per heavy atom. The summed E-state index contributed by atoms with van der Waals surface area (Å²) < 4.78 is 5.38. The van der Waals surface area contributed by atoms with Gasteiger partial charge in [-0.05, 0) is 27.2 Å². The van der Waals surface area contributed by atoms with Crippen molar-refractivity contribution in [2.45, 2.75) is 33.3 Å². The molecular formula is C15H32N4O3+2. The fraction of sp³-hybridized carbons (Fsp3) is 0.867. The number of piperazine rings is 1. The number of quaternary nitrogens is 2. The summed E-state index contributed by atoms with van der Waals surface area (Å²) in [7, 11) is 0. The number of amides is 3. The van der Waals surface area contributed by atoms with E-state index in [-0.39, 0.29) is 12.0 Å². The Labute approximate surface area is 133 Å². The van der Waals surface area contributed by atoms with Gasteiger partial charge in [0.05, 0.1) is 12.6 Å². The molecule has 128 valence electrons. The first-order chi connectivity index (χ1) is 10.5. The maximum Gasteiger partial charge on any atom is 0.321 e. The normalized spacial score (nSPS) is 21.6. The molecule has 7 heteroatoms. The zero-order chi connectivity index (χ0) is 16.4. The summed E-state index contributed by atoms with van der Waals surface area (Å²) in [6.45, 7) is 13.0. The Morgan fingerprint density at radius 3 is 2.36 bits per heavy atom. The lowest BCUT2D eigenvalue weighted by molar-refractivity contribution is -1.01. The molecule has 1 fully saturated rings. The van der Waals surface area contributed by atoms with Gasteiger partial charge in [0, 0.05) is 13.2 Å². The van der Waals surface area contributed by atoms with E-state index < -0.39 is 6.03 Å². The highest BCUT2D eigenvalue weighted by Gasteiger charge is 2.24. The molecule has 0 aliphatic carbocycles. The van der Waals surface area contributed by atoms with E-state index in [0.717, 1.165) is 39.1 Å². The minimum Gasteiger partial charge on any atom is -0.379 e. The van der Waals surface area contributed by atoms with E-state index in [1.165, 1.54) is 4.90 Å². The predicted molar refractivity (Wildman–Crippen MR) is 84.0 cm³/mol. The molecule has 0 aromatic heterocycles. The molecule has 1 heterocycles. The zero-order valence-corrected chi connectivity index (χ0v) is 14.2. The Kier molecular flexibility index (Phi) is 9.03. The largest absolute Gasteiger partial charge is 0.379 e. The van der Waals surface area contributed by atoms with E-state index >= 15 is 0 Å². The van der Waals surface area contributed by atoms with Crippen LogP contribution in [0.1, 0.15) is 27.2 Å². The highest BCUT2D eigenvalue weighted by Crippen LogP contribution is 1.88. The van der Waals surface area contributed by atoms with Gasteiger partial charge in [-0.2, -0.15) is 0 Å². The average molecular weight is 316 g/mol. The zero-order valence-electron chi connectivity index (χ0n) is 14.2. The van der Waals surface area contributed by atoms with Crippen LogP contribution in [0.2, 0.25) is 0 Å². The second-order valence-corrected chi connectivity index (χ2v) is 6.11. The maximum absolute atomic E-state index is 11.8. The number of likely N-dealkylation sites (N-methyl/N-ethyl adjacent to an activating group) is 1. The summed E-state index contributed by atoms with van der Waals surface area (Å²) in [5, 5.41) is 5.07. The number of hydrogen-bond acceptors (Lipinski definition) is 3. The number of rotatable bonds is 8. The third-order valence-corrected chi connectivity index (χ3v) is 3.89. The number of hydrogen-bond donors (Lipinski definition) is 4. The van der Waals surface area contributed by atoms with Crippen LogP contribution in [0.25, 0.3) is 0 Å². The number of carbonyl (C=O) groups is 2. The molecule has 0 radical (unpaired) electrons. The smallest absolute Gasteiger partial charge is 0.321 e. The molecule has 1 aliphatic rings. The lowest BCUT2D eigenvalue weighted by Gasteiger charge is -2.28. The Morgan fingerprint density at radius 2 is 1.77 bits per heavy atom. The van der Waals surface area contributed by atoms with E-state index in [2.05, 4.69) is 17.6 Å². The van der Waals surface area contributed by atoms with E-state index in [9.17, 15) is 9.59 Å². The lowest BCUT2D eigenvalue weighted by atomic mass is 10.3. The van der Waals surface area contributed by atoms with Gasteiger partial charge in [-0.1, -0.05) is 0 Å². The van der Waals surface area contributed by atoms with Crippen molar-refractivity contribution in [2.75, 3.05) is 52.4 Å². The van der Waals surface area contributed by atoms with E-state index in [0.29, 0.717) is 19.7 Å². The van der Waals surface area contributed by atoms with Gasteiger partial charge in [0.1, 0.15) is 26.2 Å². The highest BCUT2D eigenvalue weighted by molar-refractivity contribution is 5.94. The minimum atomic E-state index is -0.410. The molecule has 0 aromatic carbocycles. The second kappa shape index (κ2) is 10.5. The van der Waals surface area contributed by atoms with Crippen molar-refractivity contribution in [1.29, 1.82) is 0 Å². The SMILES string of the molecule is CC[NH+]1CC[NH+](CC(=O)NC(=O)NCCCOC(C)C)CC1. The molecule has 1 rings (SSSR count). The molecule has 0 saturated carbocycles. The Bertz CT molecular complexity index is 342. The number of ether oxygens (including phenoxy) is 1. The Balaban J connectivity index is 2.07. The van der Waals surface area contributed by atoms with Crippen molar-refractivity contribution in [1.82, 2.24) is 10.6 Å². The second-order valence-electron chi connectivity index (χ2n) is 6.11. The van der Waals surface area contributed by atoms with Crippen LogP contribution in [0.3, 0.4) is 0 Å². The van der Waals surface area contributed by atoms with E-state index in [1.54, 1.807) is 4.90 Å². The van der Waals surface area contributed by atoms with Crippen molar-refractivity contribution >= 4 is 11.9 Å². The molecule has 7 nitrogen and oxygen atoms in total. The van der Waals surface area contributed by atoms with Gasteiger partial charge in [-0.3, -0.25) is 10.1 Å². The van der Waals surface area contributed by atoms with Crippen LogP contribution in [0, 0.1) is 0 Å². The van der Waals surface area contributed by atoms with Crippen molar-refractivity contribution in [3.05, 3.63) is 0 Å². The summed E-state index contributed by atoms with van der Waals surface area (Å²) in [5.41, 5.74) is 0. The molecule has 3 amide bonds. The summed E-state index contributed by atoms with van der Waals surface area (Å²) in [5.74, 6) is -0.203. The molecule has 1 aliphatic heterocycles. The van der Waals surface area contributed by atoms with Crippen molar-refractivity contribution in [3.8, 4) is 0 Å². The fourth-order valence-corrected chi connectivity index (χ4v) is 2.52. The van der Waals surface area contributed by atoms with Gasteiger partial charge in [-0.25, -0.2) is 4.79 Å². The van der Waals surface area contributed by atoms with Crippen LogP contribution in [0.5, 0.6) is 0 Å². The number of carbonyl (C=O) groups excluding carboxylic acids is 2. The van der Waals surface area contributed by atoms with Crippen molar-refractivity contribution in [3.63, 3.8) is 0 Å². The van der Waals surface area contributed by atoms with E-state index in [4.69, 9.17) is 4.74 Å². The van der Waals surface area contributed by atoms with Crippen LogP contribution in [-0.4, -0.2) is 70.5 Å². The monoisotopic (exact) mass is 316 g/mol. The van der Waals surface area contributed by atoms with Crippen LogP contribution in [-0.2, 0) is 9.53 Å². The standard InChI is InChI=1S/C15H30N4O3/c1-4-18-7-9-19(10-8-18)12-14(20)17-15(21)16-6-5-11-22-13(2)3/h13H,4-12H2,1-3H3,(H2,16,17,20,21)/p+2. The number of nitrogens with one attached hydrogen (secondary N) is 4. The first-order valence-electron chi connectivity index (χ1n) is 8.37. The quantitative estimate of drug-likeness (QED) is 0.372. The van der Waals surface area contributed by atoms with Crippen LogP contribution in [0.4, 0.5) is 4.79 Å². The molecular weight excluding hydrogens is 284 g/mol. The summed E-state index contributed by atoms with van der Waals surface area (Å²) in [4.78, 5) is 26.3. The highest BCUT2D eigenvalue weighted by atomic mass is 16.5. The fourth-order valence-electron chi connectivity index (χ4n) is 2.52. The summed E-state index contributed by atoms with van der Waals surface area (Å²) in [6, 6.07) is -0.410. The molecule has 22 heavy (non-hydrogen) atoms. The topological polar surface area (TPSA) is 76.3 Å². The predicted octanol–water partition coefficient (Wildman–Crippen LogP) is -2.57. The van der Waals surface area contributed by atoms with E-state index in [1.807, 2.05) is 13.8 Å². The van der Waals surface area contributed by atoms with Gasteiger partial charge >= 0.3 is 6.03 Å². The van der Waals surface area contributed by atoms with Crippen molar-refractivity contribution in [2.24, 2.45) is 0 Å². The first kappa shape index (κ1) is 18.9. The molecule has 0 aromatic rings. The van der Waals surface area contributed by atoms with Gasteiger partial charge < -0.3 is 19.9 Å². The Hall–Kier alpha value is -1.18. The molecule has 0 atom stereocenters. The van der Waals surface area contributed by atoms with Gasteiger partial charge in [0.15, 0.2) is 6.54 Å². The summed E-state index contributed by atoms with van der Waals surface area (Å²) in [6.07, 6.45) is 0.945. The number of urea groups is 1. The van der Waals surface area contributed by atoms with Gasteiger partial charge in [-0.15, -0.1) is 0 Å². The number of imide groups is 1. The van der Waals surface area contributed by atoms with Crippen LogP contribution in [0.15, 0.2) is 0 Å². The van der Waals surface area contributed by atoms with Crippen molar-refractivity contribution < 1.29 is 24.1 Å². The molecule has 0 bridgehead atoms. The third kappa shape index (κ3) is 8.31. The lowest BCUT2D eigenvalue weighted by Crippen LogP contribution is -3.28. The van der Waals surface area contributed by atoms with Gasteiger partial charge in [0.25, 0.3) is 5.91 Å². The van der Waals surface area contributed by atoms with Crippen LogP contribution < -0.4 is 20.4 Å². The van der Waals surface area contributed by atoms with Gasteiger partial charge in [0.2, 0.25) is 0 Å². The molecule has 0 spiro atoms. The average Bonchev–Trinajstić information content (AvgIpc) is 2.47. The minimum absolute atomic E-state index is 0.202. The molecule has 0 unspecified atom stereocenters.